The summed E-state index contributed by atoms with van der Waals surface area (Å²) < 4.78 is 1.72. The zero-order valence-electron chi connectivity index (χ0n) is 13.0. The smallest absolute Gasteiger partial charge is 0.293 e. The fourth-order valence-corrected chi connectivity index (χ4v) is 2.64. The Hall–Kier alpha value is -2.21. The topological polar surface area (TPSA) is 71.2 Å². The van der Waals surface area contributed by atoms with E-state index in [-0.39, 0.29) is 11.7 Å². The zero-order valence-corrected chi connectivity index (χ0v) is 13.0. The summed E-state index contributed by atoms with van der Waals surface area (Å²) in [6.07, 6.45) is -0.422. The largest absolute Gasteiger partial charge is 0.389 e. The number of benzene rings is 1. The van der Waals surface area contributed by atoms with Crippen molar-refractivity contribution in [3.63, 3.8) is 0 Å². The maximum absolute atomic E-state index is 12.3. The molecule has 1 N–H and O–H groups in total. The third-order valence-electron chi connectivity index (χ3n) is 3.90. The Labute approximate surface area is 129 Å². The number of nitrogens with zero attached hydrogens (tertiary/aromatic N) is 4. The van der Waals surface area contributed by atoms with E-state index < -0.39 is 6.10 Å². The van der Waals surface area contributed by atoms with Crippen molar-refractivity contribution < 1.29 is 9.90 Å². The van der Waals surface area contributed by atoms with Gasteiger partial charge in [0.05, 0.1) is 11.8 Å². The number of amides is 1. The van der Waals surface area contributed by atoms with Crippen LogP contribution in [0.25, 0.3) is 5.69 Å². The highest BCUT2D eigenvalue weighted by molar-refractivity contribution is 5.91. The lowest BCUT2D eigenvalue weighted by atomic mass is 10.0. The van der Waals surface area contributed by atoms with E-state index >= 15 is 0 Å². The number of rotatable bonds is 3. The summed E-state index contributed by atoms with van der Waals surface area (Å²) in [4.78, 5) is 18.1. The van der Waals surface area contributed by atoms with Gasteiger partial charge in [0.1, 0.15) is 5.82 Å². The van der Waals surface area contributed by atoms with Gasteiger partial charge in [0.15, 0.2) is 0 Å². The number of hydrogen-bond donors (Lipinski definition) is 1. The lowest BCUT2D eigenvalue weighted by molar-refractivity contribution is 0.00508. The monoisotopic (exact) mass is 300 g/mol. The van der Waals surface area contributed by atoms with Crippen LogP contribution in [0.4, 0.5) is 0 Å². The summed E-state index contributed by atoms with van der Waals surface area (Å²) in [7, 11) is 0. The second kappa shape index (κ2) is 5.53. The molecule has 3 rings (SSSR count). The Balaban J connectivity index is 1.95. The quantitative estimate of drug-likeness (QED) is 0.933. The average molecular weight is 300 g/mol. The molecule has 1 aromatic heterocycles. The van der Waals surface area contributed by atoms with Gasteiger partial charge in [0.25, 0.3) is 5.91 Å². The molecular formula is C16H20N4O2. The predicted octanol–water partition coefficient (Wildman–Crippen LogP) is 1.52. The minimum Gasteiger partial charge on any atom is -0.389 e. The molecule has 1 aromatic carbocycles. The normalized spacial score (nSPS) is 15.2. The molecule has 1 aliphatic rings. The Morgan fingerprint density at radius 3 is 2.64 bits per heavy atom. The van der Waals surface area contributed by atoms with Crippen LogP contribution in [0.2, 0.25) is 0 Å². The number of hydrogen-bond acceptors (Lipinski definition) is 4. The number of aryl methyl sites for hydroxylation is 1. The van der Waals surface area contributed by atoms with Gasteiger partial charge in [-0.2, -0.15) is 0 Å². The SMILES string of the molecule is Cc1nc(C(=O)N2CC(O)C2)nn1-c1ccccc1C(C)C. The van der Waals surface area contributed by atoms with Gasteiger partial charge in [-0.05, 0) is 24.5 Å². The van der Waals surface area contributed by atoms with Crippen molar-refractivity contribution in [3.8, 4) is 5.69 Å². The van der Waals surface area contributed by atoms with Crippen molar-refractivity contribution >= 4 is 5.91 Å². The summed E-state index contributed by atoms with van der Waals surface area (Å²) in [6.45, 7) is 6.80. The van der Waals surface area contributed by atoms with E-state index in [2.05, 4.69) is 30.0 Å². The molecule has 6 nitrogen and oxygen atoms in total. The van der Waals surface area contributed by atoms with Gasteiger partial charge in [-0.3, -0.25) is 4.79 Å². The third kappa shape index (κ3) is 2.50. The van der Waals surface area contributed by atoms with E-state index in [0.29, 0.717) is 24.8 Å². The second-order valence-electron chi connectivity index (χ2n) is 5.97. The number of likely N-dealkylation sites (tertiary alicyclic amines) is 1. The molecule has 1 amide bonds. The number of aliphatic hydroxyl groups excluding tert-OH is 1. The number of para-hydroxylation sites is 1. The Kier molecular flexibility index (Phi) is 3.70. The van der Waals surface area contributed by atoms with Crippen LogP contribution in [0, 0.1) is 6.92 Å². The van der Waals surface area contributed by atoms with Crippen molar-refractivity contribution in [2.75, 3.05) is 13.1 Å². The highest BCUT2D eigenvalue weighted by Gasteiger charge is 2.32. The fourth-order valence-electron chi connectivity index (χ4n) is 2.64. The summed E-state index contributed by atoms with van der Waals surface area (Å²) in [5.41, 5.74) is 2.11. The maximum atomic E-state index is 12.3. The zero-order chi connectivity index (χ0) is 15.9. The van der Waals surface area contributed by atoms with Crippen LogP contribution in [0.1, 0.15) is 41.8 Å². The van der Waals surface area contributed by atoms with E-state index in [1.54, 1.807) is 9.58 Å². The van der Waals surface area contributed by atoms with Crippen LogP contribution < -0.4 is 0 Å². The van der Waals surface area contributed by atoms with Gasteiger partial charge in [0.2, 0.25) is 5.82 Å². The first kappa shape index (κ1) is 14.7. The highest BCUT2D eigenvalue weighted by atomic mass is 16.3. The van der Waals surface area contributed by atoms with Gasteiger partial charge in [-0.15, -0.1) is 5.10 Å². The van der Waals surface area contributed by atoms with Gasteiger partial charge in [-0.1, -0.05) is 32.0 Å². The Morgan fingerprint density at radius 2 is 2.00 bits per heavy atom. The van der Waals surface area contributed by atoms with Gasteiger partial charge in [-0.25, -0.2) is 9.67 Å². The molecule has 1 aliphatic heterocycles. The van der Waals surface area contributed by atoms with Crippen LogP contribution in [0.5, 0.6) is 0 Å². The molecule has 1 saturated heterocycles. The lowest BCUT2D eigenvalue weighted by Crippen LogP contribution is -2.53. The molecular weight excluding hydrogens is 280 g/mol. The van der Waals surface area contributed by atoms with Crippen molar-refractivity contribution in [2.45, 2.75) is 32.8 Å². The van der Waals surface area contributed by atoms with E-state index in [1.807, 2.05) is 25.1 Å². The number of β-amino-alcohol motifs (C(OH)–C–C–N with tert-alkyl or cyclic N) is 1. The standard InChI is InChI=1S/C16H20N4O2/c1-10(2)13-6-4-5-7-14(13)20-11(3)17-15(18-20)16(22)19-8-12(21)9-19/h4-7,10,12,21H,8-9H2,1-3H3. The summed E-state index contributed by atoms with van der Waals surface area (Å²) in [6, 6.07) is 8.00. The van der Waals surface area contributed by atoms with Crippen molar-refractivity contribution in [2.24, 2.45) is 0 Å². The molecule has 0 radical (unpaired) electrons. The van der Waals surface area contributed by atoms with Crippen LogP contribution in [0.3, 0.4) is 0 Å². The molecule has 6 heteroatoms. The molecule has 1 fully saturated rings. The predicted molar refractivity (Wildman–Crippen MR) is 82.1 cm³/mol. The summed E-state index contributed by atoms with van der Waals surface area (Å²) in [5, 5.41) is 13.7. The fraction of sp³-hybridized carbons (Fsp3) is 0.438. The van der Waals surface area contributed by atoms with Crippen LogP contribution in [-0.4, -0.2) is 49.9 Å². The van der Waals surface area contributed by atoms with Gasteiger partial charge in [0, 0.05) is 13.1 Å². The van der Waals surface area contributed by atoms with Crippen molar-refractivity contribution in [3.05, 3.63) is 41.5 Å². The van der Waals surface area contributed by atoms with Crippen molar-refractivity contribution in [1.29, 1.82) is 0 Å². The van der Waals surface area contributed by atoms with Gasteiger partial charge < -0.3 is 10.0 Å². The minimum atomic E-state index is -0.422. The number of aromatic nitrogens is 3. The van der Waals surface area contributed by atoms with Crippen LogP contribution in [0.15, 0.2) is 24.3 Å². The van der Waals surface area contributed by atoms with Crippen molar-refractivity contribution in [1.82, 2.24) is 19.7 Å². The maximum Gasteiger partial charge on any atom is 0.293 e. The molecule has 2 aromatic rings. The van der Waals surface area contributed by atoms with E-state index in [4.69, 9.17) is 0 Å². The highest BCUT2D eigenvalue weighted by Crippen LogP contribution is 2.23. The minimum absolute atomic E-state index is 0.183. The molecule has 0 aliphatic carbocycles. The second-order valence-corrected chi connectivity index (χ2v) is 5.97. The summed E-state index contributed by atoms with van der Waals surface area (Å²) in [5.74, 6) is 0.985. The third-order valence-corrected chi connectivity index (χ3v) is 3.90. The molecule has 2 heterocycles. The Morgan fingerprint density at radius 1 is 1.32 bits per heavy atom. The molecule has 22 heavy (non-hydrogen) atoms. The number of aliphatic hydroxyl groups is 1. The van der Waals surface area contributed by atoms with E-state index in [0.717, 1.165) is 11.3 Å². The first-order chi connectivity index (χ1) is 10.5. The van der Waals surface area contributed by atoms with Gasteiger partial charge >= 0.3 is 0 Å². The first-order valence-electron chi connectivity index (χ1n) is 7.47. The molecule has 116 valence electrons. The molecule has 0 spiro atoms. The molecule has 0 bridgehead atoms. The number of carbonyl (C=O) groups excluding carboxylic acids is 1. The lowest BCUT2D eigenvalue weighted by Gasteiger charge is -2.34. The molecule has 0 atom stereocenters. The van der Waals surface area contributed by atoms with Crippen LogP contribution >= 0.6 is 0 Å². The van der Waals surface area contributed by atoms with E-state index in [1.165, 1.54) is 0 Å². The summed E-state index contributed by atoms with van der Waals surface area (Å²) >= 11 is 0. The number of carbonyl (C=O) groups is 1. The Bertz CT molecular complexity index is 702. The molecule has 0 saturated carbocycles. The van der Waals surface area contributed by atoms with E-state index in [9.17, 15) is 9.90 Å². The first-order valence-corrected chi connectivity index (χ1v) is 7.47. The van der Waals surface area contributed by atoms with Crippen LogP contribution in [-0.2, 0) is 0 Å². The molecule has 0 unspecified atom stereocenters. The average Bonchev–Trinajstić information content (AvgIpc) is 2.85.